The summed E-state index contributed by atoms with van der Waals surface area (Å²) < 4.78 is 10.6. The van der Waals surface area contributed by atoms with Crippen LogP contribution in [0.3, 0.4) is 0 Å². The Bertz CT molecular complexity index is 663. The molecule has 0 radical (unpaired) electrons. The van der Waals surface area contributed by atoms with Gasteiger partial charge in [0.1, 0.15) is 11.5 Å². The molecule has 1 aliphatic rings. The van der Waals surface area contributed by atoms with Crippen LogP contribution in [0.2, 0.25) is 0 Å². The summed E-state index contributed by atoms with van der Waals surface area (Å²) in [7, 11) is 0. The largest absolute Gasteiger partial charge is 0.481 e. The van der Waals surface area contributed by atoms with Crippen molar-refractivity contribution in [3.05, 3.63) is 41.2 Å². The maximum atomic E-state index is 12.0. The van der Waals surface area contributed by atoms with Crippen molar-refractivity contribution in [3.8, 4) is 5.75 Å². The van der Waals surface area contributed by atoms with Gasteiger partial charge in [-0.2, -0.15) is 0 Å². The van der Waals surface area contributed by atoms with E-state index in [2.05, 4.69) is 16.5 Å². The molecule has 1 amide bonds. The summed E-state index contributed by atoms with van der Waals surface area (Å²) in [4.78, 5) is 12.0. The van der Waals surface area contributed by atoms with Crippen molar-refractivity contribution in [3.63, 3.8) is 0 Å². The van der Waals surface area contributed by atoms with Crippen LogP contribution in [0.15, 0.2) is 28.8 Å². The Morgan fingerprint density at radius 2 is 2.14 bits per heavy atom. The summed E-state index contributed by atoms with van der Waals surface area (Å²) in [5.41, 5.74) is 2.71. The molecule has 110 valence electrons. The third-order valence-corrected chi connectivity index (χ3v) is 3.63. The van der Waals surface area contributed by atoms with Gasteiger partial charge in [-0.3, -0.25) is 4.79 Å². The van der Waals surface area contributed by atoms with Crippen LogP contribution in [-0.2, 0) is 17.6 Å². The first-order valence-corrected chi connectivity index (χ1v) is 7.14. The molecule has 1 heterocycles. The van der Waals surface area contributed by atoms with Crippen molar-refractivity contribution in [1.82, 2.24) is 5.16 Å². The van der Waals surface area contributed by atoms with Gasteiger partial charge in [0.15, 0.2) is 11.9 Å². The summed E-state index contributed by atoms with van der Waals surface area (Å²) in [5, 5.41) is 6.40. The van der Waals surface area contributed by atoms with Gasteiger partial charge in [-0.25, -0.2) is 0 Å². The van der Waals surface area contributed by atoms with E-state index in [1.807, 2.05) is 12.1 Å². The number of hydrogen-bond acceptors (Lipinski definition) is 4. The quantitative estimate of drug-likeness (QED) is 0.938. The normalized spacial score (nSPS) is 14.6. The fourth-order valence-electron chi connectivity index (χ4n) is 2.53. The Balaban J connectivity index is 1.62. The molecule has 0 bridgehead atoms. The van der Waals surface area contributed by atoms with Crippen molar-refractivity contribution in [1.29, 1.82) is 0 Å². The van der Waals surface area contributed by atoms with Crippen LogP contribution < -0.4 is 10.1 Å². The molecule has 5 heteroatoms. The highest BCUT2D eigenvalue weighted by Crippen LogP contribution is 2.26. The average Bonchev–Trinajstić information content (AvgIpc) is 3.07. The first-order valence-electron chi connectivity index (χ1n) is 7.14. The van der Waals surface area contributed by atoms with Gasteiger partial charge in [0, 0.05) is 6.07 Å². The number of nitrogens with zero attached hydrogens (tertiary/aromatic N) is 1. The molecule has 0 unspecified atom stereocenters. The van der Waals surface area contributed by atoms with Crippen molar-refractivity contribution < 1.29 is 14.1 Å². The number of ether oxygens (including phenoxy) is 1. The molecule has 21 heavy (non-hydrogen) atoms. The van der Waals surface area contributed by atoms with Gasteiger partial charge < -0.3 is 14.6 Å². The second kappa shape index (κ2) is 5.60. The molecule has 1 aromatic heterocycles. The minimum absolute atomic E-state index is 0.246. The fraction of sp³-hybridized carbons (Fsp3) is 0.375. The number of fused-ring (bicyclic) bond motifs is 1. The molecule has 2 aromatic rings. The molecule has 1 aromatic carbocycles. The van der Waals surface area contributed by atoms with Crippen LogP contribution in [0.1, 0.15) is 30.2 Å². The summed E-state index contributed by atoms with van der Waals surface area (Å²) >= 11 is 0. The number of hydrogen-bond donors (Lipinski definition) is 1. The van der Waals surface area contributed by atoms with E-state index in [4.69, 9.17) is 9.26 Å². The topological polar surface area (TPSA) is 64.4 Å². The first-order chi connectivity index (χ1) is 10.1. The van der Waals surface area contributed by atoms with Gasteiger partial charge in [-0.15, -0.1) is 0 Å². The third kappa shape index (κ3) is 3.07. The predicted molar refractivity (Wildman–Crippen MR) is 78.4 cm³/mol. The minimum atomic E-state index is -0.596. The van der Waals surface area contributed by atoms with Gasteiger partial charge >= 0.3 is 0 Å². The second-order valence-electron chi connectivity index (χ2n) is 5.36. The number of amides is 1. The lowest BCUT2D eigenvalue weighted by molar-refractivity contribution is -0.122. The maximum Gasteiger partial charge on any atom is 0.266 e. The van der Waals surface area contributed by atoms with E-state index in [-0.39, 0.29) is 5.91 Å². The number of carbonyl (C=O) groups is 1. The Morgan fingerprint density at radius 3 is 2.90 bits per heavy atom. The van der Waals surface area contributed by atoms with Crippen molar-refractivity contribution in [2.75, 3.05) is 5.32 Å². The lowest BCUT2D eigenvalue weighted by Crippen LogP contribution is -2.30. The molecule has 0 fully saturated rings. The number of nitrogens with one attached hydrogen (secondary N) is 1. The standard InChI is InChI=1S/C16H18N2O3/c1-10-8-15(18-21-10)17-16(19)11(2)20-14-7-6-12-4-3-5-13(12)9-14/h6-9,11H,3-5H2,1-2H3,(H,17,18,19)/t11-/m0/s1. The molecule has 1 aliphatic carbocycles. The lowest BCUT2D eigenvalue weighted by atomic mass is 10.1. The monoisotopic (exact) mass is 286 g/mol. The molecule has 1 N–H and O–H groups in total. The molecular weight excluding hydrogens is 268 g/mol. The number of benzene rings is 1. The highest BCUT2D eigenvalue weighted by molar-refractivity contribution is 5.93. The van der Waals surface area contributed by atoms with Crippen LogP contribution in [0.25, 0.3) is 0 Å². The van der Waals surface area contributed by atoms with Crippen LogP contribution in [0, 0.1) is 6.92 Å². The van der Waals surface area contributed by atoms with Crippen LogP contribution >= 0.6 is 0 Å². The molecular formula is C16H18N2O3. The Morgan fingerprint density at radius 1 is 1.33 bits per heavy atom. The van der Waals surface area contributed by atoms with Crippen LogP contribution in [0.5, 0.6) is 5.75 Å². The molecule has 0 aliphatic heterocycles. The second-order valence-corrected chi connectivity index (χ2v) is 5.36. The summed E-state index contributed by atoms with van der Waals surface area (Å²) in [6, 6.07) is 7.71. The predicted octanol–water partition coefficient (Wildman–Crippen LogP) is 2.88. The summed E-state index contributed by atoms with van der Waals surface area (Å²) in [6.07, 6.45) is 2.82. The van der Waals surface area contributed by atoms with Crippen molar-refractivity contribution >= 4 is 11.7 Å². The third-order valence-electron chi connectivity index (χ3n) is 3.63. The van der Waals surface area contributed by atoms with E-state index in [1.54, 1.807) is 19.9 Å². The van der Waals surface area contributed by atoms with Gasteiger partial charge in [0.2, 0.25) is 0 Å². The first kappa shape index (κ1) is 13.7. The summed E-state index contributed by atoms with van der Waals surface area (Å²) in [6.45, 7) is 3.49. The van der Waals surface area contributed by atoms with Crippen LogP contribution in [0.4, 0.5) is 5.82 Å². The van der Waals surface area contributed by atoms with Gasteiger partial charge in [-0.05, 0) is 56.4 Å². The molecule has 0 spiro atoms. The van der Waals surface area contributed by atoms with E-state index in [0.29, 0.717) is 11.6 Å². The molecule has 0 saturated carbocycles. The van der Waals surface area contributed by atoms with E-state index < -0.39 is 6.10 Å². The minimum Gasteiger partial charge on any atom is -0.481 e. The molecule has 0 saturated heterocycles. The smallest absolute Gasteiger partial charge is 0.266 e. The number of carbonyl (C=O) groups excluding carboxylic acids is 1. The van der Waals surface area contributed by atoms with Gasteiger partial charge in [-0.1, -0.05) is 11.2 Å². The van der Waals surface area contributed by atoms with Crippen LogP contribution in [-0.4, -0.2) is 17.2 Å². The van der Waals surface area contributed by atoms with Gasteiger partial charge in [0.25, 0.3) is 5.91 Å². The lowest BCUT2D eigenvalue weighted by Gasteiger charge is -2.14. The van der Waals surface area contributed by atoms with E-state index in [0.717, 1.165) is 18.6 Å². The van der Waals surface area contributed by atoms with E-state index in [9.17, 15) is 4.79 Å². The van der Waals surface area contributed by atoms with Gasteiger partial charge in [0.05, 0.1) is 0 Å². The number of aryl methyl sites for hydroxylation is 3. The molecule has 3 rings (SSSR count). The zero-order valence-corrected chi connectivity index (χ0v) is 12.2. The number of anilines is 1. The highest BCUT2D eigenvalue weighted by Gasteiger charge is 2.18. The molecule has 1 atom stereocenters. The summed E-state index contributed by atoms with van der Waals surface area (Å²) in [5.74, 6) is 1.54. The average molecular weight is 286 g/mol. The zero-order valence-electron chi connectivity index (χ0n) is 12.2. The Kier molecular flexibility index (Phi) is 3.64. The Labute approximate surface area is 123 Å². The fourth-order valence-corrected chi connectivity index (χ4v) is 2.53. The number of aromatic nitrogens is 1. The van der Waals surface area contributed by atoms with E-state index >= 15 is 0 Å². The zero-order chi connectivity index (χ0) is 14.8. The van der Waals surface area contributed by atoms with Crippen molar-refractivity contribution in [2.45, 2.75) is 39.2 Å². The SMILES string of the molecule is Cc1cc(NC(=O)[C@H](C)Oc2ccc3c(c2)CCC3)no1. The van der Waals surface area contributed by atoms with E-state index in [1.165, 1.54) is 17.5 Å². The Hall–Kier alpha value is -2.30. The number of rotatable bonds is 4. The maximum absolute atomic E-state index is 12.0. The molecule has 5 nitrogen and oxygen atoms in total. The highest BCUT2D eigenvalue weighted by atomic mass is 16.5. The van der Waals surface area contributed by atoms with Crippen molar-refractivity contribution in [2.24, 2.45) is 0 Å².